The van der Waals surface area contributed by atoms with Gasteiger partial charge in [0.1, 0.15) is 0 Å². The van der Waals surface area contributed by atoms with Gasteiger partial charge in [0.05, 0.1) is 5.75 Å². The standard InChI is InChI=1S/C14H21N3O4S/c15-3-8-22(18,19)17-6-4-16(5-7-17)10-12-1-2-13-14(9-12)21-11-20-13/h1-2,9H,3-8,10-11,15H2. The average Bonchev–Trinajstić information content (AvgIpc) is 2.95. The van der Waals surface area contributed by atoms with Crippen molar-refractivity contribution in [3.63, 3.8) is 0 Å². The lowest BCUT2D eigenvalue weighted by Gasteiger charge is -2.33. The van der Waals surface area contributed by atoms with Gasteiger partial charge in [-0.1, -0.05) is 6.07 Å². The number of hydrogen-bond acceptors (Lipinski definition) is 6. The largest absolute Gasteiger partial charge is 0.454 e. The first-order valence-electron chi connectivity index (χ1n) is 7.37. The second-order valence-electron chi connectivity index (χ2n) is 5.47. The van der Waals surface area contributed by atoms with E-state index in [2.05, 4.69) is 4.90 Å². The number of sulfonamides is 1. The molecule has 0 atom stereocenters. The summed E-state index contributed by atoms with van der Waals surface area (Å²) in [7, 11) is -3.19. The minimum Gasteiger partial charge on any atom is -0.454 e. The van der Waals surface area contributed by atoms with Crippen molar-refractivity contribution in [1.82, 2.24) is 9.21 Å². The third-order valence-electron chi connectivity index (χ3n) is 3.94. The molecule has 0 spiro atoms. The summed E-state index contributed by atoms with van der Waals surface area (Å²) in [6.45, 7) is 3.70. The fraction of sp³-hybridized carbons (Fsp3) is 0.571. The van der Waals surface area contributed by atoms with E-state index < -0.39 is 10.0 Å². The van der Waals surface area contributed by atoms with Crippen molar-refractivity contribution in [2.75, 3.05) is 45.3 Å². The van der Waals surface area contributed by atoms with Gasteiger partial charge >= 0.3 is 0 Å². The van der Waals surface area contributed by atoms with Gasteiger partial charge in [0.2, 0.25) is 16.8 Å². The van der Waals surface area contributed by atoms with Crippen molar-refractivity contribution >= 4 is 10.0 Å². The lowest BCUT2D eigenvalue weighted by atomic mass is 10.2. The molecule has 0 bridgehead atoms. The van der Waals surface area contributed by atoms with Crippen LogP contribution in [-0.2, 0) is 16.6 Å². The van der Waals surface area contributed by atoms with Gasteiger partial charge in [0, 0.05) is 39.3 Å². The lowest BCUT2D eigenvalue weighted by Crippen LogP contribution is -2.49. The van der Waals surface area contributed by atoms with Gasteiger partial charge in [-0.05, 0) is 17.7 Å². The second-order valence-corrected chi connectivity index (χ2v) is 7.56. The second kappa shape index (κ2) is 6.41. The van der Waals surface area contributed by atoms with Crippen molar-refractivity contribution in [2.24, 2.45) is 5.73 Å². The summed E-state index contributed by atoms with van der Waals surface area (Å²) in [5, 5.41) is 0. The smallest absolute Gasteiger partial charge is 0.231 e. The summed E-state index contributed by atoms with van der Waals surface area (Å²) in [4.78, 5) is 2.24. The fourth-order valence-corrected chi connectivity index (χ4v) is 4.02. The molecule has 122 valence electrons. The molecule has 7 nitrogen and oxygen atoms in total. The Labute approximate surface area is 130 Å². The highest BCUT2D eigenvalue weighted by Gasteiger charge is 2.26. The van der Waals surface area contributed by atoms with Crippen LogP contribution >= 0.6 is 0 Å². The zero-order chi connectivity index (χ0) is 15.6. The van der Waals surface area contributed by atoms with Crippen LogP contribution in [0.1, 0.15) is 5.56 Å². The first-order chi connectivity index (χ1) is 10.6. The molecule has 1 aromatic rings. The molecule has 0 aromatic heterocycles. The van der Waals surface area contributed by atoms with E-state index in [1.165, 1.54) is 4.31 Å². The van der Waals surface area contributed by atoms with Crippen LogP contribution in [0.15, 0.2) is 18.2 Å². The lowest BCUT2D eigenvalue weighted by molar-refractivity contribution is 0.173. The van der Waals surface area contributed by atoms with E-state index >= 15 is 0 Å². The predicted octanol–water partition coefficient (Wildman–Crippen LogP) is -0.179. The monoisotopic (exact) mass is 327 g/mol. The predicted molar refractivity (Wildman–Crippen MR) is 82.3 cm³/mol. The van der Waals surface area contributed by atoms with Crippen LogP contribution in [0.2, 0.25) is 0 Å². The SMILES string of the molecule is NCCS(=O)(=O)N1CCN(Cc2ccc3c(c2)OCO3)CC1. The molecule has 2 aliphatic rings. The number of piperazine rings is 1. The van der Waals surface area contributed by atoms with Crippen molar-refractivity contribution < 1.29 is 17.9 Å². The molecule has 2 heterocycles. The maximum Gasteiger partial charge on any atom is 0.231 e. The van der Waals surface area contributed by atoms with Gasteiger partial charge in [0.15, 0.2) is 11.5 Å². The summed E-state index contributed by atoms with van der Waals surface area (Å²) in [6, 6.07) is 5.92. The molecular formula is C14H21N3O4S. The van der Waals surface area contributed by atoms with Crippen LogP contribution in [0.25, 0.3) is 0 Å². The van der Waals surface area contributed by atoms with E-state index in [0.717, 1.165) is 36.7 Å². The highest BCUT2D eigenvalue weighted by molar-refractivity contribution is 7.89. The number of nitrogens with zero attached hydrogens (tertiary/aromatic N) is 2. The fourth-order valence-electron chi connectivity index (χ4n) is 2.74. The minimum absolute atomic E-state index is 0.0230. The van der Waals surface area contributed by atoms with Crippen molar-refractivity contribution in [2.45, 2.75) is 6.54 Å². The minimum atomic E-state index is -3.19. The Bertz CT molecular complexity index is 627. The molecule has 3 rings (SSSR count). The van der Waals surface area contributed by atoms with Crippen LogP contribution in [0.5, 0.6) is 11.5 Å². The van der Waals surface area contributed by atoms with Crippen LogP contribution in [-0.4, -0.2) is 62.9 Å². The summed E-state index contributed by atoms with van der Waals surface area (Å²) in [6.07, 6.45) is 0. The van der Waals surface area contributed by atoms with E-state index in [0.29, 0.717) is 13.1 Å². The zero-order valence-corrected chi connectivity index (χ0v) is 13.2. The Morgan fingerprint density at radius 3 is 2.55 bits per heavy atom. The molecule has 0 amide bonds. The van der Waals surface area contributed by atoms with E-state index in [1.54, 1.807) is 0 Å². The van der Waals surface area contributed by atoms with E-state index in [-0.39, 0.29) is 19.1 Å². The number of benzene rings is 1. The number of fused-ring (bicyclic) bond motifs is 1. The molecule has 1 aromatic carbocycles. The van der Waals surface area contributed by atoms with Crippen molar-refractivity contribution in [3.8, 4) is 11.5 Å². The molecule has 0 aliphatic carbocycles. The maximum atomic E-state index is 12.0. The molecule has 0 radical (unpaired) electrons. The summed E-state index contributed by atoms with van der Waals surface area (Å²) in [5.74, 6) is 1.58. The highest BCUT2D eigenvalue weighted by Crippen LogP contribution is 2.32. The first-order valence-corrected chi connectivity index (χ1v) is 8.98. The quantitative estimate of drug-likeness (QED) is 0.808. The van der Waals surface area contributed by atoms with Gasteiger partial charge in [0.25, 0.3) is 0 Å². The Morgan fingerprint density at radius 1 is 1.09 bits per heavy atom. The third-order valence-corrected chi connectivity index (χ3v) is 5.85. The maximum absolute atomic E-state index is 12.0. The molecule has 2 N–H and O–H groups in total. The normalized spacial score (nSPS) is 19.5. The van der Waals surface area contributed by atoms with E-state index in [9.17, 15) is 8.42 Å². The first kappa shape index (κ1) is 15.5. The molecule has 1 fully saturated rings. The molecular weight excluding hydrogens is 306 g/mol. The van der Waals surface area contributed by atoms with E-state index in [4.69, 9.17) is 15.2 Å². The van der Waals surface area contributed by atoms with Gasteiger partial charge in [-0.3, -0.25) is 4.90 Å². The van der Waals surface area contributed by atoms with Gasteiger partial charge < -0.3 is 15.2 Å². The summed E-state index contributed by atoms with van der Waals surface area (Å²) >= 11 is 0. The molecule has 2 aliphatic heterocycles. The van der Waals surface area contributed by atoms with Crippen LogP contribution in [0, 0.1) is 0 Å². The van der Waals surface area contributed by atoms with Crippen LogP contribution in [0.3, 0.4) is 0 Å². The summed E-state index contributed by atoms with van der Waals surface area (Å²) < 4.78 is 36.2. The van der Waals surface area contributed by atoms with Gasteiger partial charge in [-0.15, -0.1) is 0 Å². The third kappa shape index (κ3) is 3.35. The number of nitrogens with two attached hydrogens (primary N) is 1. The zero-order valence-electron chi connectivity index (χ0n) is 12.4. The molecule has 0 saturated carbocycles. The topological polar surface area (TPSA) is 85.1 Å². The molecule has 22 heavy (non-hydrogen) atoms. The van der Waals surface area contributed by atoms with Crippen molar-refractivity contribution in [1.29, 1.82) is 0 Å². The van der Waals surface area contributed by atoms with E-state index in [1.807, 2.05) is 18.2 Å². The number of rotatable bonds is 5. The Morgan fingerprint density at radius 2 is 1.82 bits per heavy atom. The number of hydrogen-bond donors (Lipinski definition) is 1. The van der Waals surface area contributed by atoms with Crippen molar-refractivity contribution in [3.05, 3.63) is 23.8 Å². The van der Waals surface area contributed by atoms with Gasteiger partial charge in [-0.2, -0.15) is 4.31 Å². The van der Waals surface area contributed by atoms with Gasteiger partial charge in [-0.25, -0.2) is 8.42 Å². The molecule has 0 unspecified atom stereocenters. The Kier molecular flexibility index (Phi) is 4.53. The molecule has 1 saturated heterocycles. The Balaban J connectivity index is 1.56. The molecule has 8 heteroatoms. The number of ether oxygens (including phenoxy) is 2. The Hall–Kier alpha value is -1.35. The highest BCUT2D eigenvalue weighted by atomic mass is 32.2. The average molecular weight is 327 g/mol. The van der Waals surface area contributed by atoms with Crippen LogP contribution in [0.4, 0.5) is 0 Å². The summed E-state index contributed by atoms with van der Waals surface area (Å²) in [5.41, 5.74) is 6.50. The van der Waals surface area contributed by atoms with Crippen LogP contribution < -0.4 is 15.2 Å².